The van der Waals surface area contributed by atoms with Crippen molar-refractivity contribution >= 4 is 28.4 Å². The Morgan fingerprint density at radius 1 is 1.15 bits per heavy atom. The number of likely N-dealkylation sites (tertiary alicyclic amines) is 1. The van der Waals surface area contributed by atoms with Gasteiger partial charge in [0.05, 0.1) is 10.6 Å². The average molecular weight is 367 g/mol. The van der Waals surface area contributed by atoms with Gasteiger partial charge in [0.1, 0.15) is 0 Å². The molecule has 0 bridgehead atoms. The van der Waals surface area contributed by atoms with E-state index in [1.165, 1.54) is 5.56 Å². The molecule has 0 atom stereocenters. The molecule has 2 heterocycles. The lowest BCUT2D eigenvalue weighted by Crippen LogP contribution is -2.39. The van der Waals surface area contributed by atoms with Crippen LogP contribution in [0.25, 0.3) is 10.9 Å². The van der Waals surface area contributed by atoms with Crippen molar-refractivity contribution < 1.29 is 4.79 Å². The molecule has 2 aromatic carbocycles. The lowest BCUT2D eigenvalue weighted by atomic mass is 9.90. The molecule has 0 spiro atoms. The summed E-state index contributed by atoms with van der Waals surface area (Å²) in [5.74, 6) is 0.695. The zero-order valence-corrected chi connectivity index (χ0v) is 15.7. The second kappa shape index (κ2) is 7.16. The summed E-state index contributed by atoms with van der Waals surface area (Å²) in [6.45, 7) is 3.60. The van der Waals surface area contributed by atoms with Crippen molar-refractivity contribution in [2.45, 2.75) is 26.2 Å². The highest BCUT2D eigenvalue weighted by atomic mass is 35.5. The van der Waals surface area contributed by atoms with Crippen molar-refractivity contribution in [1.82, 2.24) is 9.88 Å². The van der Waals surface area contributed by atoms with Crippen LogP contribution in [0.2, 0.25) is 5.02 Å². The predicted octanol–water partition coefficient (Wildman–Crippen LogP) is 5.22. The second-order valence-corrected chi connectivity index (χ2v) is 7.64. The number of carbonyl (C=O) groups excluding carboxylic acids is 1. The minimum atomic E-state index is 0.0499. The van der Waals surface area contributed by atoms with E-state index in [0.717, 1.165) is 48.9 Å². The maximum absolute atomic E-state index is 13.0. The standard InChI is InChI=1S/C22H23ClN2O/c1-15-13-19-20(24-15)8-7-18(21(19)23)22(26)25-11-9-17(10-12-25)14-16-5-3-2-4-6-16/h2-8,13,17,24H,9-12,14H2,1H3. The van der Waals surface area contributed by atoms with Gasteiger partial charge in [0.2, 0.25) is 0 Å². The molecule has 1 amide bonds. The van der Waals surface area contributed by atoms with Crippen LogP contribution in [0.15, 0.2) is 48.5 Å². The first kappa shape index (κ1) is 17.2. The normalized spacial score (nSPS) is 15.5. The van der Waals surface area contributed by atoms with Gasteiger partial charge in [-0.15, -0.1) is 0 Å². The van der Waals surface area contributed by atoms with Crippen LogP contribution in [0.4, 0.5) is 0 Å². The number of amides is 1. The lowest BCUT2D eigenvalue weighted by Gasteiger charge is -2.32. The molecule has 4 heteroatoms. The van der Waals surface area contributed by atoms with Gasteiger partial charge in [0.15, 0.2) is 0 Å². The number of nitrogens with zero attached hydrogens (tertiary/aromatic N) is 1. The molecule has 0 radical (unpaired) electrons. The molecule has 0 saturated carbocycles. The van der Waals surface area contributed by atoms with Gasteiger partial charge in [-0.3, -0.25) is 4.79 Å². The number of aromatic nitrogens is 1. The number of H-pyrrole nitrogens is 1. The number of aromatic amines is 1. The van der Waals surface area contributed by atoms with Crippen molar-refractivity contribution in [1.29, 1.82) is 0 Å². The fourth-order valence-electron chi connectivity index (χ4n) is 3.93. The molecule has 1 aromatic heterocycles. The number of carbonyl (C=O) groups is 1. The third-order valence-corrected chi connectivity index (χ3v) is 5.78. The van der Waals surface area contributed by atoms with Crippen LogP contribution in [0, 0.1) is 12.8 Å². The van der Waals surface area contributed by atoms with E-state index < -0.39 is 0 Å². The molecule has 4 rings (SSSR count). The predicted molar refractivity (Wildman–Crippen MR) is 107 cm³/mol. The second-order valence-electron chi connectivity index (χ2n) is 7.27. The molecule has 26 heavy (non-hydrogen) atoms. The number of halogens is 1. The van der Waals surface area contributed by atoms with E-state index in [0.29, 0.717) is 16.5 Å². The van der Waals surface area contributed by atoms with Gasteiger partial charge >= 0.3 is 0 Å². The summed E-state index contributed by atoms with van der Waals surface area (Å²) >= 11 is 6.54. The quantitative estimate of drug-likeness (QED) is 0.677. The number of aryl methyl sites for hydroxylation is 1. The van der Waals surface area contributed by atoms with Crippen molar-refractivity contribution in [2.75, 3.05) is 13.1 Å². The highest BCUT2D eigenvalue weighted by Gasteiger charge is 2.25. The SMILES string of the molecule is Cc1cc2c(Cl)c(C(=O)N3CCC(Cc4ccccc4)CC3)ccc2[nH]1. The number of hydrogen-bond donors (Lipinski definition) is 1. The van der Waals surface area contributed by atoms with E-state index in [9.17, 15) is 4.79 Å². The maximum Gasteiger partial charge on any atom is 0.255 e. The van der Waals surface area contributed by atoms with Crippen LogP contribution < -0.4 is 0 Å². The third-order valence-electron chi connectivity index (χ3n) is 5.37. The summed E-state index contributed by atoms with van der Waals surface area (Å²) in [6.07, 6.45) is 3.19. The number of piperidine rings is 1. The van der Waals surface area contributed by atoms with Crippen molar-refractivity contribution in [3.63, 3.8) is 0 Å². The molecule has 1 N–H and O–H groups in total. The van der Waals surface area contributed by atoms with Gasteiger partial charge < -0.3 is 9.88 Å². The Hall–Kier alpha value is -2.26. The molecule has 0 unspecified atom stereocenters. The number of fused-ring (bicyclic) bond motifs is 1. The van der Waals surface area contributed by atoms with Crippen molar-refractivity contribution in [3.8, 4) is 0 Å². The Morgan fingerprint density at radius 3 is 2.62 bits per heavy atom. The summed E-state index contributed by atoms with van der Waals surface area (Å²) in [7, 11) is 0. The highest BCUT2D eigenvalue weighted by Crippen LogP contribution is 2.30. The van der Waals surface area contributed by atoms with Crippen molar-refractivity contribution in [3.05, 3.63) is 70.4 Å². The number of rotatable bonds is 3. The minimum Gasteiger partial charge on any atom is -0.359 e. The molecular formula is C22H23ClN2O. The Kier molecular flexibility index (Phi) is 4.73. The summed E-state index contributed by atoms with van der Waals surface area (Å²) in [6, 6.07) is 16.4. The van der Waals surface area contributed by atoms with Crippen LogP contribution in [-0.4, -0.2) is 28.9 Å². The van der Waals surface area contributed by atoms with E-state index in [2.05, 4.69) is 35.3 Å². The van der Waals surface area contributed by atoms with E-state index in [1.807, 2.05) is 30.0 Å². The van der Waals surface area contributed by atoms with Gasteiger partial charge in [-0.05, 0) is 55.9 Å². The smallest absolute Gasteiger partial charge is 0.255 e. The molecule has 0 aliphatic carbocycles. The van der Waals surface area contributed by atoms with E-state index in [1.54, 1.807) is 0 Å². The zero-order valence-electron chi connectivity index (χ0n) is 15.0. The van der Waals surface area contributed by atoms with Crippen LogP contribution in [-0.2, 0) is 6.42 Å². The fourth-order valence-corrected chi connectivity index (χ4v) is 4.23. The minimum absolute atomic E-state index is 0.0499. The first-order valence-electron chi connectivity index (χ1n) is 9.23. The van der Waals surface area contributed by atoms with Crippen LogP contribution >= 0.6 is 11.6 Å². The first-order chi connectivity index (χ1) is 12.6. The average Bonchev–Trinajstić information content (AvgIpc) is 3.04. The van der Waals surface area contributed by atoms with Crippen LogP contribution in [0.5, 0.6) is 0 Å². The molecule has 3 nitrogen and oxygen atoms in total. The molecule has 134 valence electrons. The largest absolute Gasteiger partial charge is 0.359 e. The van der Waals surface area contributed by atoms with Crippen LogP contribution in [0.1, 0.15) is 34.5 Å². The highest BCUT2D eigenvalue weighted by molar-refractivity contribution is 6.38. The monoisotopic (exact) mass is 366 g/mol. The number of nitrogens with one attached hydrogen (secondary N) is 1. The van der Waals surface area contributed by atoms with Gasteiger partial charge in [0, 0.05) is 29.7 Å². The van der Waals surface area contributed by atoms with E-state index in [4.69, 9.17) is 11.6 Å². The molecule has 3 aromatic rings. The van der Waals surface area contributed by atoms with Gasteiger partial charge in [0.25, 0.3) is 5.91 Å². The lowest BCUT2D eigenvalue weighted by molar-refractivity contribution is 0.0691. The summed E-state index contributed by atoms with van der Waals surface area (Å²) in [4.78, 5) is 18.2. The molecular weight excluding hydrogens is 344 g/mol. The topological polar surface area (TPSA) is 36.1 Å². The maximum atomic E-state index is 13.0. The van der Waals surface area contributed by atoms with E-state index >= 15 is 0 Å². The third kappa shape index (κ3) is 3.36. The molecule has 1 fully saturated rings. The van der Waals surface area contributed by atoms with Gasteiger partial charge in [-0.25, -0.2) is 0 Å². The Morgan fingerprint density at radius 2 is 1.88 bits per heavy atom. The Bertz CT molecular complexity index is 924. The van der Waals surface area contributed by atoms with Crippen molar-refractivity contribution in [2.24, 2.45) is 5.92 Å². The van der Waals surface area contributed by atoms with Crippen LogP contribution in [0.3, 0.4) is 0 Å². The number of hydrogen-bond acceptors (Lipinski definition) is 1. The summed E-state index contributed by atoms with van der Waals surface area (Å²) in [5.41, 5.74) is 4.02. The Balaban J connectivity index is 1.44. The Labute approximate surface area is 159 Å². The first-order valence-corrected chi connectivity index (χ1v) is 9.60. The number of benzene rings is 2. The van der Waals surface area contributed by atoms with E-state index in [-0.39, 0.29) is 5.91 Å². The zero-order chi connectivity index (χ0) is 18.1. The van der Waals surface area contributed by atoms with Gasteiger partial charge in [-0.1, -0.05) is 41.9 Å². The fraction of sp³-hybridized carbons (Fsp3) is 0.318. The molecule has 1 aliphatic rings. The molecule has 1 aliphatic heterocycles. The summed E-state index contributed by atoms with van der Waals surface area (Å²) in [5, 5.41) is 1.48. The summed E-state index contributed by atoms with van der Waals surface area (Å²) < 4.78 is 0. The molecule has 1 saturated heterocycles. The van der Waals surface area contributed by atoms with Gasteiger partial charge in [-0.2, -0.15) is 0 Å².